The van der Waals surface area contributed by atoms with Crippen LogP contribution in [0.4, 0.5) is 5.69 Å². The number of nitrogens with one attached hydrogen (secondary N) is 1. The van der Waals surface area contributed by atoms with E-state index in [0.29, 0.717) is 34.8 Å². The molecule has 1 fully saturated rings. The summed E-state index contributed by atoms with van der Waals surface area (Å²) in [5.41, 5.74) is 2.79. The second-order valence-electron chi connectivity index (χ2n) is 7.87. The number of ether oxygens (including phenoxy) is 1. The van der Waals surface area contributed by atoms with Crippen LogP contribution in [0.25, 0.3) is 11.3 Å². The van der Waals surface area contributed by atoms with Gasteiger partial charge in [0.25, 0.3) is 5.91 Å². The Kier molecular flexibility index (Phi) is 6.25. The highest BCUT2D eigenvalue weighted by Crippen LogP contribution is 2.31. The number of benzene rings is 1. The van der Waals surface area contributed by atoms with E-state index in [0.717, 1.165) is 30.0 Å². The van der Waals surface area contributed by atoms with Gasteiger partial charge in [0.2, 0.25) is 5.88 Å². The molecule has 0 spiro atoms. The van der Waals surface area contributed by atoms with Crippen molar-refractivity contribution in [2.45, 2.75) is 25.8 Å². The first kappa shape index (κ1) is 21.3. The zero-order valence-electron chi connectivity index (χ0n) is 17.9. The summed E-state index contributed by atoms with van der Waals surface area (Å²) in [6.45, 7) is 3.64. The van der Waals surface area contributed by atoms with Crippen molar-refractivity contribution < 1.29 is 9.53 Å². The zero-order valence-corrected chi connectivity index (χ0v) is 18.7. The van der Waals surface area contributed by atoms with Gasteiger partial charge in [-0.05, 0) is 57.6 Å². The molecule has 1 amide bonds. The Morgan fingerprint density at radius 3 is 2.71 bits per heavy atom. The number of likely N-dealkylation sites (N-methyl/N-ethyl adjacent to an activating group) is 1. The average Bonchev–Trinajstić information content (AvgIpc) is 3.33. The van der Waals surface area contributed by atoms with Crippen molar-refractivity contribution in [2.75, 3.05) is 25.5 Å². The van der Waals surface area contributed by atoms with Crippen molar-refractivity contribution in [3.63, 3.8) is 0 Å². The molecule has 1 N–H and O–H groups in total. The van der Waals surface area contributed by atoms with Crippen molar-refractivity contribution in [3.05, 3.63) is 59.1 Å². The molecule has 1 aromatic carbocycles. The Labute approximate surface area is 187 Å². The fourth-order valence-corrected chi connectivity index (χ4v) is 3.94. The summed E-state index contributed by atoms with van der Waals surface area (Å²) in [5, 5.41) is 3.50. The molecule has 1 atom stereocenters. The van der Waals surface area contributed by atoms with Crippen LogP contribution >= 0.6 is 11.6 Å². The largest absolute Gasteiger partial charge is 0.476 e. The molecule has 7 nitrogen and oxygen atoms in total. The SMILES string of the molecule is Cc1ncc(-c2cc(NC(=O)c3ccc(OC[C@@H]4CCCN4C)nc3)ccc2Cl)n1C. The van der Waals surface area contributed by atoms with Crippen LogP contribution < -0.4 is 10.1 Å². The molecule has 2 aromatic heterocycles. The van der Waals surface area contributed by atoms with Crippen LogP contribution in [-0.4, -0.2) is 51.6 Å². The number of carbonyl (C=O) groups is 1. The molecule has 3 heterocycles. The molecular formula is C23H26ClN5O2. The third kappa shape index (κ3) is 4.73. The number of amides is 1. The Hall–Kier alpha value is -2.90. The predicted octanol–water partition coefficient (Wildman–Crippen LogP) is 4.17. The van der Waals surface area contributed by atoms with Gasteiger partial charge in [-0.1, -0.05) is 11.6 Å². The molecule has 162 valence electrons. The first-order valence-electron chi connectivity index (χ1n) is 10.3. The number of hydrogen-bond acceptors (Lipinski definition) is 5. The minimum absolute atomic E-state index is 0.246. The summed E-state index contributed by atoms with van der Waals surface area (Å²) < 4.78 is 7.75. The monoisotopic (exact) mass is 439 g/mol. The Balaban J connectivity index is 1.42. The van der Waals surface area contributed by atoms with Crippen molar-refractivity contribution in [2.24, 2.45) is 7.05 Å². The Morgan fingerprint density at radius 1 is 1.23 bits per heavy atom. The minimum Gasteiger partial charge on any atom is -0.476 e. The number of aryl methyl sites for hydroxylation is 1. The fraction of sp³-hybridized carbons (Fsp3) is 0.348. The summed E-state index contributed by atoms with van der Waals surface area (Å²) in [5.74, 6) is 1.16. The molecule has 1 saturated heterocycles. The summed E-state index contributed by atoms with van der Waals surface area (Å²) in [6, 6.07) is 9.26. The number of imidazole rings is 1. The highest BCUT2D eigenvalue weighted by atomic mass is 35.5. The third-order valence-electron chi connectivity index (χ3n) is 5.81. The second kappa shape index (κ2) is 9.08. The molecule has 0 saturated carbocycles. The maximum absolute atomic E-state index is 12.7. The molecule has 0 radical (unpaired) electrons. The van der Waals surface area contributed by atoms with Gasteiger partial charge in [-0.2, -0.15) is 0 Å². The van der Waals surface area contributed by atoms with Crippen LogP contribution in [0.15, 0.2) is 42.7 Å². The minimum atomic E-state index is -0.246. The normalized spacial score (nSPS) is 16.5. The van der Waals surface area contributed by atoms with Gasteiger partial charge in [0.15, 0.2) is 0 Å². The van der Waals surface area contributed by atoms with E-state index in [1.165, 1.54) is 12.6 Å². The first-order chi connectivity index (χ1) is 14.9. The number of likely N-dealkylation sites (tertiary alicyclic amines) is 1. The van der Waals surface area contributed by atoms with Gasteiger partial charge >= 0.3 is 0 Å². The molecular weight excluding hydrogens is 414 g/mol. The second-order valence-corrected chi connectivity index (χ2v) is 8.28. The van der Waals surface area contributed by atoms with E-state index >= 15 is 0 Å². The number of aromatic nitrogens is 3. The fourth-order valence-electron chi connectivity index (χ4n) is 3.73. The molecule has 0 unspecified atom stereocenters. The third-order valence-corrected chi connectivity index (χ3v) is 6.14. The summed E-state index contributed by atoms with van der Waals surface area (Å²) in [7, 11) is 4.04. The first-order valence-corrected chi connectivity index (χ1v) is 10.7. The molecule has 4 rings (SSSR count). The van der Waals surface area contributed by atoms with E-state index in [-0.39, 0.29) is 5.91 Å². The van der Waals surface area contributed by atoms with E-state index in [1.54, 1.807) is 30.5 Å². The van der Waals surface area contributed by atoms with Gasteiger partial charge in [-0.15, -0.1) is 0 Å². The maximum Gasteiger partial charge on any atom is 0.257 e. The van der Waals surface area contributed by atoms with Gasteiger partial charge in [-0.3, -0.25) is 4.79 Å². The van der Waals surface area contributed by atoms with Gasteiger partial charge in [0, 0.05) is 36.6 Å². The average molecular weight is 440 g/mol. The van der Waals surface area contributed by atoms with Gasteiger partial charge in [-0.25, -0.2) is 9.97 Å². The lowest BCUT2D eigenvalue weighted by Crippen LogP contribution is -2.30. The molecule has 1 aliphatic heterocycles. The quantitative estimate of drug-likeness (QED) is 0.624. The van der Waals surface area contributed by atoms with E-state index in [9.17, 15) is 4.79 Å². The molecule has 8 heteroatoms. The van der Waals surface area contributed by atoms with Gasteiger partial charge in [0.05, 0.1) is 22.5 Å². The standard InChI is InChI=1S/C23H26ClN5O2/c1-15-25-13-21(29(15)3)19-11-17(7-8-20(19)24)27-23(30)16-6-9-22(26-12-16)31-14-18-5-4-10-28(18)2/h6-9,11-13,18H,4-5,10,14H2,1-3H3,(H,27,30)/t18-/m0/s1. The van der Waals surface area contributed by atoms with Crippen molar-refractivity contribution >= 4 is 23.2 Å². The Morgan fingerprint density at radius 2 is 2.06 bits per heavy atom. The van der Waals surface area contributed by atoms with Crippen LogP contribution in [0.2, 0.25) is 5.02 Å². The lowest BCUT2D eigenvalue weighted by molar-refractivity contribution is 0.102. The van der Waals surface area contributed by atoms with E-state index in [2.05, 4.69) is 27.2 Å². The zero-order chi connectivity index (χ0) is 22.0. The van der Waals surface area contributed by atoms with Crippen LogP contribution in [0.3, 0.4) is 0 Å². The predicted molar refractivity (Wildman–Crippen MR) is 122 cm³/mol. The van der Waals surface area contributed by atoms with E-state index in [4.69, 9.17) is 16.3 Å². The smallest absolute Gasteiger partial charge is 0.257 e. The van der Waals surface area contributed by atoms with Gasteiger partial charge in [0.1, 0.15) is 12.4 Å². The van der Waals surface area contributed by atoms with Crippen LogP contribution in [0.5, 0.6) is 5.88 Å². The number of anilines is 1. The van der Waals surface area contributed by atoms with Crippen molar-refractivity contribution in [3.8, 4) is 17.1 Å². The molecule has 1 aliphatic rings. The maximum atomic E-state index is 12.7. The highest BCUT2D eigenvalue weighted by Gasteiger charge is 2.21. The number of hydrogen-bond donors (Lipinski definition) is 1. The van der Waals surface area contributed by atoms with E-state index in [1.807, 2.05) is 24.6 Å². The summed E-state index contributed by atoms with van der Waals surface area (Å²) >= 11 is 6.39. The highest BCUT2D eigenvalue weighted by molar-refractivity contribution is 6.33. The van der Waals surface area contributed by atoms with E-state index < -0.39 is 0 Å². The molecule has 0 aliphatic carbocycles. The van der Waals surface area contributed by atoms with Crippen molar-refractivity contribution in [1.82, 2.24) is 19.4 Å². The number of halogens is 1. The van der Waals surface area contributed by atoms with Crippen LogP contribution in [-0.2, 0) is 7.05 Å². The van der Waals surface area contributed by atoms with Gasteiger partial charge < -0.3 is 19.5 Å². The topological polar surface area (TPSA) is 72.3 Å². The summed E-state index contributed by atoms with van der Waals surface area (Å²) in [4.78, 5) is 23.6. The molecule has 31 heavy (non-hydrogen) atoms. The number of nitrogens with zero attached hydrogens (tertiary/aromatic N) is 4. The summed E-state index contributed by atoms with van der Waals surface area (Å²) in [6.07, 6.45) is 5.64. The lowest BCUT2D eigenvalue weighted by Gasteiger charge is -2.19. The van der Waals surface area contributed by atoms with Crippen LogP contribution in [0.1, 0.15) is 29.0 Å². The molecule has 0 bridgehead atoms. The number of pyridine rings is 1. The number of rotatable bonds is 6. The lowest BCUT2D eigenvalue weighted by atomic mass is 10.1. The van der Waals surface area contributed by atoms with Crippen molar-refractivity contribution in [1.29, 1.82) is 0 Å². The molecule has 3 aromatic rings. The van der Waals surface area contributed by atoms with Crippen LogP contribution in [0, 0.1) is 6.92 Å². The number of carbonyl (C=O) groups excluding carboxylic acids is 1. The Bertz CT molecular complexity index is 1080.